The molecule has 2 aromatic carbocycles. The zero-order valence-electron chi connectivity index (χ0n) is 14.5. The fourth-order valence-corrected chi connectivity index (χ4v) is 3.94. The molecule has 0 spiro atoms. The zero-order chi connectivity index (χ0) is 19.9. The minimum Gasteiger partial charge on any atom is -0.368 e. The summed E-state index contributed by atoms with van der Waals surface area (Å²) in [5.74, 6) is -0.667. The van der Waals surface area contributed by atoms with Crippen LogP contribution < -0.4 is 11.5 Å². The minimum absolute atomic E-state index is 0.000961. The highest BCUT2D eigenvalue weighted by molar-refractivity contribution is 7.92. The molecule has 3 aromatic rings. The van der Waals surface area contributed by atoms with Crippen LogP contribution >= 0.6 is 11.6 Å². The summed E-state index contributed by atoms with van der Waals surface area (Å²) in [6.45, 7) is 3.20. The van der Waals surface area contributed by atoms with Crippen molar-refractivity contribution in [3.8, 4) is 16.8 Å². The molecule has 0 aliphatic carbocycles. The third-order valence-corrected chi connectivity index (χ3v) is 6.48. The molecule has 0 amide bonds. The lowest BCUT2D eigenvalue weighted by atomic mass is 10.0. The molecule has 0 saturated carbocycles. The van der Waals surface area contributed by atoms with E-state index in [0.717, 1.165) is 0 Å². The molecule has 142 valence electrons. The summed E-state index contributed by atoms with van der Waals surface area (Å²) in [5.41, 5.74) is 12.0. The predicted molar refractivity (Wildman–Crippen MR) is 103 cm³/mol. The standard InChI is InChI=1S/C17H17ClFN5O2S/c1-9(2)27(25,26)12-5-3-10(4-6-12)15-13(18)7-11(8-14(15)19)24-17(21)22-16(20)23-24/h3-9H,1-2H3,(H4,20,21,22,23). The van der Waals surface area contributed by atoms with Crippen LogP contribution in [-0.2, 0) is 9.84 Å². The fourth-order valence-electron chi connectivity index (χ4n) is 2.57. The normalized spacial score (nSPS) is 11.9. The van der Waals surface area contributed by atoms with Gasteiger partial charge in [-0.1, -0.05) is 23.7 Å². The first-order valence-corrected chi connectivity index (χ1v) is 9.85. The summed E-state index contributed by atoms with van der Waals surface area (Å²) in [6.07, 6.45) is 0. The number of nitrogens with two attached hydrogens (primary N) is 2. The Hall–Kier alpha value is -2.65. The van der Waals surface area contributed by atoms with Gasteiger partial charge in [0.05, 0.1) is 20.9 Å². The fraction of sp³-hybridized carbons (Fsp3) is 0.176. The topological polar surface area (TPSA) is 117 Å². The van der Waals surface area contributed by atoms with Crippen molar-refractivity contribution in [2.45, 2.75) is 24.0 Å². The van der Waals surface area contributed by atoms with Gasteiger partial charge >= 0.3 is 0 Å². The van der Waals surface area contributed by atoms with Crippen LogP contribution in [0.5, 0.6) is 0 Å². The molecule has 10 heteroatoms. The quantitative estimate of drug-likeness (QED) is 0.683. The maximum absolute atomic E-state index is 14.7. The van der Waals surface area contributed by atoms with E-state index in [0.29, 0.717) is 5.56 Å². The monoisotopic (exact) mass is 409 g/mol. The SMILES string of the molecule is CC(C)S(=O)(=O)c1ccc(-c2c(F)cc(-n3nc(N)nc3N)cc2Cl)cc1. The molecule has 1 heterocycles. The van der Waals surface area contributed by atoms with Gasteiger partial charge in [-0.25, -0.2) is 12.8 Å². The van der Waals surface area contributed by atoms with Crippen LogP contribution in [-0.4, -0.2) is 28.4 Å². The summed E-state index contributed by atoms with van der Waals surface area (Å²) in [5, 5.41) is 3.44. The molecule has 0 unspecified atom stereocenters. The molecule has 27 heavy (non-hydrogen) atoms. The molecular weight excluding hydrogens is 393 g/mol. The Bertz CT molecular complexity index is 1090. The summed E-state index contributed by atoms with van der Waals surface area (Å²) in [7, 11) is -3.41. The third-order valence-electron chi connectivity index (χ3n) is 4.01. The smallest absolute Gasteiger partial charge is 0.241 e. The largest absolute Gasteiger partial charge is 0.368 e. The lowest BCUT2D eigenvalue weighted by molar-refractivity contribution is 0.587. The Labute approximate surface area is 160 Å². The van der Waals surface area contributed by atoms with Crippen LogP contribution in [0, 0.1) is 5.82 Å². The highest BCUT2D eigenvalue weighted by Crippen LogP contribution is 2.34. The Balaban J connectivity index is 2.04. The van der Waals surface area contributed by atoms with Crippen molar-refractivity contribution in [1.29, 1.82) is 0 Å². The van der Waals surface area contributed by atoms with E-state index in [2.05, 4.69) is 10.1 Å². The van der Waals surface area contributed by atoms with Crippen LogP contribution in [0.15, 0.2) is 41.3 Å². The van der Waals surface area contributed by atoms with Gasteiger partial charge in [0.1, 0.15) is 5.82 Å². The molecule has 0 bridgehead atoms. The van der Waals surface area contributed by atoms with Crippen LogP contribution in [0.2, 0.25) is 5.02 Å². The van der Waals surface area contributed by atoms with E-state index in [1.165, 1.54) is 41.1 Å². The molecule has 0 saturated heterocycles. The first kappa shape index (κ1) is 19.1. The van der Waals surface area contributed by atoms with E-state index in [4.69, 9.17) is 23.1 Å². The number of benzene rings is 2. The van der Waals surface area contributed by atoms with Crippen molar-refractivity contribution < 1.29 is 12.8 Å². The number of halogens is 2. The van der Waals surface area contributed by atoms with Crippen molar-refractivity contribution in [2.75, 3.05) is 11.5 Å². The number of aromatic nitrogens is 3. The second-order valence-electron chi connectivity index (χ2n) is 6.14. The van der Waals surface area contributed by atoms with Crippen molar-refractivity contribution in [3.63, 3.8) is 0 Å². The molecule has 0 atom stereocenters. The van der Waals surface area contributed by atoms with E-state index in [9.17, 15) is 12.8 Å². The zero-order valence-corrected chi connectivity index (χ0v) is 16.1. The lowest BCUT2D eigenvalue weighted by Gasteiger charge is -2.12. The van der Waals surface area contributed by atoms with Crippen molar-refractivity contribution >= 4 is 33.3 Å². The Morgan fingerprint density at radius 1 is 1.15 bits per heavy atom. The highest BCUT2D eigenvalue weighted by atomic mass is 35.5. The maximum atomic E-state index is 14.7. The number of anilines is 2. The van der Waals surface area contributed by atoms with Gasteiger partial charge in [0.15, 0.2) is 9.84 Å². The molecule has 4 N–H and O–H groups in total. The minimum atomic E-state index is -3.41. The van der Waals surface area contributed by atoms with Gasteiger partial charge in [0.2, 0.25) is 11.9 Å². The Kier molecular flexibility index (Phi) is 4.83. The number of hydrogen-bond donors (Lipinski definition) is 2. The third kappa shape index (κ3) is 3.47. The number of nitrogens with zero attached hydrogens (tertiary/aromatic N) is 3. The molecule has 1 aromatic heterocycles. The first-order valence-electron chi connectivity index (χ1n) is 7.93. The van der Waals surface area contributed by atoms with Gasteiger partial charge in [0, 0.05) is 11.6 Å². The van der Waals surface area contributed by atoms with Crippen LogP contribution in [0.1, 0.15) is 13.8 Å². The summed E-state index contributed by atoms with van der Waals surface area (Å²) >= 11 is 6.27. The van der Waals surface area contributed by atoms with Gasteiger partial charge in [-0.15, -0.1) is 5.10 Å². The first-order chi connectivity index (χ1) is 12.6. The van der Waals surface area contributed by atoms with E-state index in [1.807, 2.05) is 0 Å². The van der Waals surface area contributed by atoms with Gasteiger partial charge < -0.3 is 11.5 Å². The Morgan fingerprint density at radius 2 is 1.78 bits per heavy atom. The van der Waals surface area contributed by atoms with Crippen molar-refractivity contribution in [3.05, 3.63) is 47.2 Å². The molecule has 0 fully saturated rings. The summed E-state index contributed by atoms with van der Waals surface area (Å²) in [4.78, 5) is 3.93. The molecular formula is C17H17ClFN5O2S. The molecule has 0 radical (unpaired) electrons. The van der Waals surface area contributed by atoms with Crippen molar-refractivity contribution in [2.24, 2.45) is 0 Å². The van der Waals surface area contributed by atoms with E-state index in [1.54, 1.807) is 13.8 Å². The summed E-state index contributed by atoms with van der Waals surface area (Å²) in [6, 6.07) is 8.57. The lowest BCUT2D eigenvalue weighted by Crippen LogP contribution is -2.13. The van der Waals surface area contributed by atoms with Gasteiger partial charge in [0.25, 0.3) is 0 Å². The second-order valence-corrected chi connectivity index (χ2v) is 9.05. The average molecular weight is 410 g/mol. The molecule has 0 aliphatic heterocycles. The average Bonchev–Trinajstić information content (AvgIpc) is 2.93. The highest BCUT2D eigenvalue weighted by Gasteiger charge is 2.20. The second kappa shape index (κ2) is 6.82. The molecule has 7 nitrogen and oxygen atoms in total. The molecule has 3 rings (SSSR count). The molecule has 0 aliphatic rings. The number of rotatable bonds is 4. The number of nitrogen functional groups attached to an aromatic ring is 2. The van der Waals surface area contributed by atoms with E-state index >= 15 is 0 Å². The number of hydrogen-bond acceptors (Lipinski definition) is 6. The Morgan fingerprint density at radius 3 is 2.26 bits per heavy atom. The van der Waals surface area contributed by atoms with Crippen molar-refractivity contribution in [1.82, 2.24) is 14.8 Å². The number of sulfone groups is 1. The van der Waals surface area contributed by atoms with Crippen LogP contribution in [0.3, 0.4) is 0 Å². The summed E-state index contributed by atoms with van der Waals surface area (Å²) < 4.78 is 40.3. The van der Waals surface area contributed by atoms with Gasteiger partial charge in [-0.2, -0.15) is 9.67 Å². The van der Waals surface area contributed by atoms with Gasteiger partial charge in [-0.05, 0) is 37.6 Å². The maximum Gasteiger partial charge on any atom is 0.241 e. The van der Waals surface area contributed by atoms with Gasteiger partial charge in [-0.3, -0.25) is 0 Å². The predicted octanol–water partition coefficient (Wildman–Crippen LogP) is 3.07. The van der Waals surface area contributed by atoms with Crippen LogP contribution in [0.25, 0.3) is 16.8 Å². The van der Waals surface area contributed by atoms with E-state index < -0.39 is 20.9 Å². The van der Waals surface area contributed by atoms with Crippen LogP contribution in [0.4, 0.5) is 16.3 Å². The van der Waals surface area contributed by atoms with E-state index in [-0.39, 0.29) is 33.1 Å².